The lowest BCUT2D eigenvalue weighted by atomic mass is 9.95. The lowest BCUT2D eigenvalue weighted by molar-refractivity contribution is -0.485. The molecule has 0 amide bonds. The summed E-state index contributed by atoms with van der Waals surface area (Å²) >= 11 is 0. The Morgan fingerprint density at radius 2 is 1.43 bits per heavy atom. The first kappa shape index (κ1) is 19.2. The SMILES string of the molecule is O=C(C[C@@H](/C=C/c1ccccc1)C[N+](=O)[O-])c1ccc(-c2ccccc2)cc1. The van der Waals surface area contributed by atoms with E-state index >= 15 is 0 Å². The summed E-state index contributed by atoms with van der Waals surface area (Å²) in [6.07, 6.45) is 3.70. The van der Waals surface area contributed by atoms with Crippen molar-refractivity contribution >= 4 is 11.9 Å². The molecule has 0 N–H and O–H groups in total. The van der Waals surface area contributed by atoms with Gasteiger partial charge in [-0.05, 0) is 16.7 Å². The maximum absolute atomic E-state index is 12.6. The summed E-state index contributed by atoms with van der Waals surface area (Å²) < 4.78 is 0. The molecule has 28 heavy (non-hydrogen) atoms. The van der Waals surface area contributed by atoms with Crippen molar-refractivity contribution in [2.24, 2.45) is 5.92 Å². The molecule has 3 aromatic rings. The maximum Gasteiger partial charge on any atom is 0.210 e. The highest BCUT2D eigenvalue weighted by Crippen LogP contribution is 2.21. The molecule has 0 aliphatic carbocycles. The highest BCUT2D eigenvalue weighted by atomic mass is 16.6. The van der Waals surface area contributed by atoms with Crippen LogP contribution in [0.15, 0.2) is 91.0 Å². The Hall–Kier alpha value is -3.53. The zero-order valence-corrected chi connectivity index (χ0v) is 15.4. The first-order valence-electron chi connectivity index (χ1n) is 9.15. The van der Waals surface area contributed by atoms with E-state index < -0.39 is 5.92 Å². The highest BCUT2D eigenvalue weighted by molar-refractivity contribution is 5.96. The highest BCUT2D eigenvalue weighted by Gasteiger charge is 2.18. The van der Waals surface area contributed by atoms with E-state index in [0.717, 1.165) is 16.7 Å². The molecule has 1 atom stereocenters. The first-order valence-corrected chi connectivity index (χ1v) is 9.15. The molecule has 0 spiro atoms. The van der Waals surface area contributed by atoms with Gasteiger partial charge >= 0.3 is 0 Å². The van der Waals surface area contributed by atoms with Crippen LogP contribution in [0.3, 0.4) is 0 Å². The minimum absolute atomic E-state index is 0.0934. The third kappa shape index (κ3) is 5.48. The van der Waals surface area contributed by atoms with Crippen molar-refractivity contribution in [3.63, 3.8) is 0 Å². The predicted molar refractivity (Wildman–Crippen MR) is 112 cm³/mol. The third-order valence-corrected chi connectivity index (χ3v) is 4.51. The van der Waals surface area contributed by atoms with Crippen molar-refractivity contribution in [3.05, 3.63) is 112 Å². The smallest absolute Gasteiger partial charge is 0.210 e. The van der Waals surface area contributed by atoms with Gasteiger partial charge in [0, 0.05) is 22.8 Å². The van der Waals surface area contributed by atoms with Crippen LogP contribution in [-0.4, -0.2) is 17.3 Å². The van der Waals surface area contributed by atoms with E-state index in [1.807, 2.05) is 78.9 Å². The fraction of sp³-hybridized carbons (Fsp3) is 0.125. The molecule has 0 saturated heterocycles. The van der Waals surface area contributed by atoms with Crippen molar-refractivity contribution < 1.29 is 9.72 Å². The zero-order chi connectivity index (χ0) is 19.8. The minimum atomic E-state index is -0.448. The van der Waals surface area contributed by atoms with Crippen molar-refractivity contribution in [3.8, 4) is 11.1 Å². The van der Waals surface area contributed by atoms with Gasteiger partial charge in [-0.3, -0.25) is 14.9 Å². The Labute approximate surface area is 164 Å². The molecule has 4 heteroatoms. The zero-order valence-electron chi connectivity index (χ0n) is 15.4. The number of hydrogen-bond acceptors (Lipinski definition) is 3. The summed E-state index contributed by atoms with van der Waals surface area (Å²) in [5.41, 5.74) is 3.64. The molecule has 0 aromatic heterocycles. The fourth-order valence-corrected chi connectivity index (χ4v) is 3.03. The van der Waals surface area contributed by atoms with Crippen molar-refractivity contribution in [2.45, 2.75) is 6.42 Å². The van der Waals surface area contributed by atoms with Gasteiger partial charge in [0.25, 0.3) is 0 Å². The molecule has 0 aliphatic heterocycles. The van der Waals surface area contributed by atoms with E-state index in [9.17, 15) is 14.9 Å². The van der Waals surface area contributed by atoms with Gasteiger partial charge in [0.15, 0.2) is 5.78 Å². The second-order valence-corrected chi connectivity index (χ2v) is 6.62. The molecule has 0 heterocycles. The fourth-order valence-electron chi connectivity index (χ4n) is 3.03. The molecule has 3 rings (SSSR count). The molecule has 0 fully saturated rings. The Morgan fingerprint density at radius 1 is 0.857 bits per heavy atom. The Bertz CT molecular complexity index is 948. The number of rotatable bonds is 8. The van der Waals surface area contributed by atoms with Gasteiger partial charge in [0.1, 0.15) is 0 Å². The van der Waals surface area contributed by atoms with Crippen molar-refractivity contribution in [1.82, 2.24) is 0 Å². The normalized spacial score (nSPS) is 12.0. The largest absolute Gasteiger partial charge is 0.294 e. The molecule has 3 aromatic carbocycles. The Balaban J connectivity index is 1.70. The molecule has 0 saturated carbocycles. The van der Waals surface area contributed by atoms with Crippen molar-refractivity contribution in [2.75, 3.05) is 6.54 Å². The number of ketones is 1. The average Bonchev–Trinajstić information content (AvgIpc) is 2.73. The second-order valence-electron chi connectivity index (χ2n) is 6.62. The van der Waals surface area contributed by atoms with Crippen LogP contribution in [0.25, 0.3) is 17.2 Å². The monoisotopic (exact) mass is 371 g/mol. The van der Waals surface area contributed by atoms with Crippen LogP contribution in [0, 0.1) is 16.0 Å². The van der Waals surface area contributed by atoms with Gasteiger partial charge in [-0.2, -0.15) is 0 Å². The third-order valence-electron chi connectivity index (χ3n) is 4.51. The van der Waals surface area contributed by atoms with E-state index in [1.54, 1.807) is 18.2 Å². The number of carbonyl (C=O) groups excluding carboxylic acids is 1. The van der Waals surface area contributed by atoms with E-state index in [1.165, 1.54) is 0 Å². The van der Waals surface area contributed by atoms with Crippen LogP contribution in [0.2, 0.25) is 0 Å². The summed E-state index contributed by atoms with van der Waals surface area (Å²) in [5, 5.41) is 11.0. The molecule has 0 unspecified atom stereocenters. The number of nitro groups is 1. The summed E-state index contributed by atoms with van der Waals surface area (Å²) in [4.78, 5) is 23.3. The summed E-state index contributed by atoms with van der Waals surface area (Å²) in [6.45, 7) is -0.267. The van der Waals surface area contributed by atoms with Gasteiger partial charge in [-0.15, -0.1) is 0 Å². The Kier molecular flexibility index (Phi) is 6.47. The van der Waals surface area contributed by atoms with E-state index in [0.29, 0.717) is 5.56 Å². The van der Waals surface area contributed by atoms with Crippen molar-refractivity contribution in [1.29, 1.82) is 0 Å². The molecule has 0 bridgehead atoms. The number of nitrogens with zero attached hydrogens (tertiary/aromatic N) is 1. The van der Waals surface area contributed by atoms with Gasteiger partial charge in [0.05, 0.1) is 0 Å². The van der Waals surface area contributed by atoms with Crippen LogP contribution >= 0.6 is 0 Å². The lowest BCUT2D eigenvalue weighted by Gasteiger charge is -2.09. The summed E-state index contributed by atoms with van der Waals surface area (Å²) in [6, 6.07) is 26.9. The summed E-state index contributed by atoms with van der Waals surface area (Å²) in [7, 11) is 0. The van der Waals surface area contributed by atoms with E-state index in [4.69, 9.17) is 0 Å². The molecular weight excluding hydrogens is 350 g/mol. The lowest BCUT2D eigenvalue weighted by Crippen LogP contribution is -2.16. The first-order chi connectivity index (χ1) is 13.6. The van der Waals surface area contributed by atoms with Crippen LogP contribution in [-0.2, 0) is 0 Å². The number of carbonyl (C=O) groups is 1. The van der Waals surface area contributed by atoms with E-state index in [-0.39, 0.29) is 23.7 Å². The second kappa shape index (κ2) is 9.42. The van der Waals surface area contributed by atoms with Gasteiger partial charge in [-0.25, -0.2) is 0 Å². The quantitative estimate of drug-likeness (QED) is 0.297. The Morgan fingerprint density at radius 3 is 2.04 bits per heavy atom. The molecule has 0 radical (unpaired) electrons. The average molecular weight is 371 g/mol. The molecule has 140 valence electrons. The summed E-state index contributed by atoms with van der Waals surface area (Å²) in [5.74, 6) is -0.541. The van der Waals surface area contributed by atoms with Gasteiger partial charge in [-0.1, -0.05) is 97.1 Å². The van der Waals surface area contributed by atoms with Crippen LogP contribution in [0.5, 0.6) is 0 Å². The maximum atomic E-state index is 12.6. The molecule has 0 aliphatic rings. The van der Waals surface area contributed by atoms with Crippen LogP contribution in [0.1, 0.15) is 22.3 Å². The number of Topliss-reactive ketones (excluding diaryl/α,β-unsaturated/α-hetero) is 1. The molecule has 4 nitrogen and oxygen atoms in total. The minimum Gasteiger partial charge on any atom is -0.294 e. The van der Waals surface area contributed by atoms with Crippen LogP contribution < -0.4 is 0 Å². The molecular formula is C24H21NO3. The number of hydrogen-bond donors (Lipinski definition) is 0. The standard InChI is InChI=1S/C24H21NO3/c26-24(23-15-13-22(14-16-23)21-9-5-2-6-10-21)17-20(18-25(27)28)12-11-19-7-3-1-4-8-19/h1-16,20H,17-18H2/b12-11+/t20-/m1/s1. The van der Waals surface area contributed by atoms with Gasteiger partial charge in [0.2, 0.25) is 6.54 Å². The predicted octanol–water partition coefficient (Wildman–Crippen LogP) is 5.53. The number of benzene rings is 3. The van der Waals surface area contributed by atoms with Crippen LogP contribution in [0.4, 0.5) is 0 Å². The topological polar surface area (TPSA) is 60.2 Å². The van der Waals surface area contributed by atoms with E-state index in [2.05, 4.69) is 0 Å². The van der Waals surface area contributed by atoms with Gasteiger partial charge < -0.3 is 0 Å².